The van der Waals surface area contributed by atoms with Crippen molar-refractivity contribution in [3.05, 3.63) is 47.2 Å². The molecule has 2 rings (SSSR count). The van der Waals surface area contributed by atoms with E-state index < -0.39 is 5.79 Å². The molecule has 3 heteroatoms. The average molecular weight is 290 g/mol. The van der Waals surface area contributed by atoms with Gasteiger partial charge in [0, 0.05) is 12.0 Å². The van der Waals surface area contributed by atoms with Gasteiger partial charge in [-0.05, 0) is 38.7 Å². The number of aliphatic hydroxyl groups is 1. The monoisotopic (exact) mass is 290 g/mol. The van der Waals surface area contributed by atoms with Gasteiger partial charge in [-0.15, -0.1) is 0 Å². The number of benzene rings is 1. The van der Waals surface area contributed by atoms with Crippen LogP contribution in [0, 0.1) is 0 Å². The van der Waals surface area contributed by atoms with E-state index in [2.05, 4.69) is 24.3 Å². The van der Waals surface area contributed by atoms with Crippen LogP contribution in [0.5, 0.6) is 0 Å². The van der Waals surface area contributed by atoms with Crippen LogP contribution in [0.3, 0.4) is 0 Å². The molecule has 1 aliphatic heterocycles. The van der Waals surface area contributed by atoms with Gasteiger partial charge < -0.3 is 14.6 Å². The highest BCUT2D eigenvalue weighted by Gasteiger charge is 2.26. The van der Waals surface area contributed by atoms with Gasteiger partial charge in [-0.3, -0.25) is 0 Å². The van der Waals surface area contributed by atoms with Crippen molar-refractivity contribution in [3.8, 4) is 0 Å². The maximum Gasteiger partial charge on any atom is 0.163 e. The molecule has 116 valence electrons. The standard InChI is InChI=1S/C18H26O3/c1-18(2)20-13-16(14-21-18)17(19)12-8-4-7-11-15-9-5-3-6-10-15/h3,5-6,9-10,19H,4,7-8,11-14H2,1-2H3. The molecule has 21 heavy (non-hydrogen) atoms. The Morgan fingerprint density at radius 1 is 1.05 bits per heavy atom. The number of unbranched alkanes of at least 4 members (excludes halogenated alkanes) is 2. The molecular formula is C18H26O3. The first-order chi connectivity index (χ1) is 10.1. The van der Waals surface area contributed by atoms with E-state index in [0.29, 0.717) is 19.0 Å². The van der Waals surface area contributed by atoms with Crippen molar-refractivity contribution in [2.75, 3.05) is 13.2 Å². The van der Waals surface area contributed by atoms with Crippen LogP contribution in [-0.4, -0.2) is 24.1 Å². The van der Waals surface area contributed by atoms with Gasteiger partial charge in [0.2, 0.25) is 0 Å². The van der Waals surface area contributed by atoms with Crippen molar-refractivity contribution in [1.82, 2.24) is 0 Å². The molecule has 1 heterocycles. The van der Waals surface area contributed by atoms with Gasteiger partial charge >= 0.3 is 0 Å². The lowest BCUT2D eigenvalue weighted by Crippen LogP contribution is -2.36. The van der Waals surface area contributed by atoms with E-state index in [9.17, 15) is 5.11 Å². The summed E-state index contributed by atoms with van der Waals surface area (Å²) in [5.74, 6) is -0.0790. The van der Waals surface area contributed by atoms with Crippen LogP contribution in [0.4, 0.5) is 0 Å². The smallest absolute Gasteiger partial charge is 0.163 e. The van der Waals surface area contributed by atoms with E-state index in [0.717, 1.165) is 37.7 Å². The molecule has 0 saturated carbocycles. The first kappa shape index (κ1) is 16.1. The fourth-order valence-electron chi connectivity index (χ4n) is 2.39. The van der Waals surface area contributed by atoms with Gasteiger partial charge in [0.25, 0.3) is 0 Å². The lowest BCUT2D eigenvalue weighted by Gasteiger charge is -2.32. The molecule has 1 saturated heterocycles. The van der Waals surface area contributed by atoms with Crippen molar-refractivity contribution in [2.45, 2.75) is 51.7 Å². The molecule has 1 aromatic rings. The number of hydrogen-bond donors (Lipinski definition) is 1. The van der Waals surface area contributed by atoms with Gasteiger partial charge in [0.15, 0.2) is 5.79 Å². The third-order valence-corrected chi connectivity index (χ3v) is 3.82. The summed E-state index contributed by atoms with van der Waals surface area (Å²) in [6, 6.07) is 10.5. The lowest BCUT2D eigenvalue weighted by atomic mass is 10.0. The summed E-state index contributed by atoms with van der Waals surface area (Å²) in [7, 11) is 0. The normalized spacial score (nSPS) is 17.7. The molecule has 0 aromatic heterocycles. The number of allylic oxidation sites excluding steroid dienone is 1. The highest BCUT2D eigenvalue weighted by atomic mass is 16.7. The Morgan fingerprint density at radius 3 is 2.38 bits per heavy atom. The Kier molecular flexibility index (Phi) is 5.83. The van der Waals surface area contributed by atoms with Crippen molar-refractivity contribution in [1.29, 1.82) is 0 Å². The summed E-state index contributed by atoms with van der Waals surface area (Å²) in [4.78, 5) is 0. The predicted molar refractivity (Wildman–Crippen MR) is 84.3 cm³/mol. The summed E-state index contributed by atoms with van der Waals surface area (Å²) in [6.07, 6.45) is 5.12. The molecular weight excluding hydrogens is 264 g/mol. The van der Waals surface area contributed by atoms with Crippen LogP contribution in [-0.2, 0) is 15.9 Å². The molecule has 0 spiro atoms. The molecule has 0 aliphatic carbocycles. The molecule has 0 radical (unpaired) electrons. The van der Waals surface area contributed by atoms with E-state index in [-0.39, 0.29) is 0 Å². The summed E-state index contributed by atoms with van der Waals surface area (Å²) < 4.78 is 11.1. The SMILES string of the molecule is CC1(C)OCC(=C(O)CCCCCc2ccccc2)CO1. The Bertz CT molecular complexity index is 451. The third kappa shape index (κ3) is 5.52. The quantitative estimate of drug-likeness (QED) is 0.624. The first-order valence-electron chi connectivity index (χ1n) is 7.78. The van der Waals surface area contributed by atoms with E-state index in [4.69, 9.17) is 9.47 Å². The highest BCUT2D eigenvalue weighted by molar-refractivity contribution is 5.14. The summed E-state index contributed by atoms with van der Waals surface area (Å²) >= 11 is 0. The van der Waals surface area contributed by atoms with E-state index in [1.807, 2.05) is 19.9 Å². The zero-order valence-corrected chi connectivity index (χ0v) is 13.1. The van der Waals surface area contributed by atoms with Crippen molar-refractivity contribution >= 4 is 0 Å². The molecule has 0 unspecified atom stereocenters. The zero-order chi connectivity index (χ0) is 15.1. The van der Waals surface area contributed by atoms with E-state index in [1.165, 1.54) is 5.56 Å². The largest absolute Gasteiger partial charge is 0.512 e. The number of hydrogen-bond acceptors (Lipinski definition) is 3. The second kappa shape index (κ2) is 7.62. The molecule has 0 amide bonds. The summed E-state index contributed by atoms with van der Waals surface area (Å²) in [5, 5.41) is 10.1. The van der Waals surface area contributed by atoms with Crippen molar-refractivity contribution < 1.29 is 14.6 Å². The Morgan fingerprint density at radius 2 is 1.71 bits per heavy atom. The van der Waals surface area contributed by atoms with Gasteiger partial charge in [0.1, 0.15) is 0 Å². The van der Waals surface area contributed by atoms with Gasteiger partial charge in [-0.2, -0.15) is 0 Å². The van der Waals surface area contributed by atoms with Crippen LogP contribution >= 0.6 is 0 Å². The third-order valence-electron chi connectivity index (χ3n) is 3.82. The first-order valence-corrected chi connectivity index (χ1v) is 7.78. The summed E-state index contributed by atoms with van der Waals surface area (Å²) in [5.41, 5.74) is 2.27. The Hall–Kier alpha value is -1.32. The molecule has 0 atom stereocenters. The van der Waals surface area contributed by atoms with Crippen LogP contribution < -0.4 is 0 Å². The highest BCUT2D eigenvalue weighted by Crippen LogP contribution is 2.23. The molecule has 0 bridgehead atoms. The van der Waals surface area contributed by atoms with Crippen LogP contribution in [0.15, 0.2) is 41.7 Å². The molecule has 1 fully saturated rings. The van der Waals surface area contributed by atoms with Crippen LogP contribution in [0.2, 0.25) is 0 Å². The van der Waals surface area contributed by atoms with Gasteiger partial charge in [-0.1, -0.05) is 36.8 Å². The Balaban J connectivity index is 1.64. The fourth-order valence-corrected chi connectivity index (χ4v) is 2.39. The molecule has 3 nitrogen and oxygen atoms in total. The summed E-state index contributed by atoms with van der Waals surface area (Å²) in [6.45, 7) is 4.74. The van der Waals surface area contributed by atoms with Crippen LogP contribution in [0.25, 0.3) is 0 Å². The molecule has 1 aliphatic rings. The average Bonchev–Trinajstić information content (AvgIpc) is 2.47. The van der Waals surface area contributed by atoms with Crippen LogP contribution in [0.1, 0.15) is 45.1 Å². The Labute approximate surface area is 127 Å². The lowest BCUT2D eigenvalue weighted by molar-refractivity contribution is -0.226. The van der Waals surface area contributed by atoms with E-state index >= 15 is 0 Å². The second-order valence-corrected chi connectivity index (χ2v) is 6.07. The predicted octanol–water partition coefficient (Wildman–Crippen LogP) is 4.38. The number of rotatable bonds is 6. The van der Waals surface area contributed by atoms with Crippen molar-refractivity contribution in [3.63, 3.8) is 0 Å². The number of aryl methyl sites for hydroxylation is 1. The number of ether oxygens (including phenoxy) is 2. The topological polar surface area (TPSA) is 38.7 Å². The molecule has 1 aromatic carbocycles. The maximum absolute atomic E-state index is 10.1. The van der Waals surface area contributed by atoms with Crippen molar-refractivity contribution in [2.24, 2.45) is 0 Å². The zero-order valence-electron chi connectivity index (χ0n) is 13.1. The minimum absolute atomic E-state index is 0.449. The van der Waals surface area contributed by atoms with Gasteiger partial charge in [0.05, 0.1) is 19.0 Å². The number of aliphatic hydroxyl groups excluding tert-OH is 1. The second-order valence-electron chi connectivity index (χ2n) is 6.07. The minimum atomic E-state index is -0.528. The fraction of sp³-hybridized carbons (Fsp3) is 0.556. The molecule has 1 N–H and O–H groups in total. The minimum Gasteiger partial charge on any atom is -0.512 e. The maximum atomic E-state index is 10.1. The van der Waals surface area contributed by atoms with E-state index in [1.54, 1.807) is 0 Å². The van der Waals surface area contributed by atoms with Gasteiger partial charge in [-0.25, -0.2) is 0 Å².